The van der Waals surface area contributed by atoms with Gasteiger partial charge in [0, 0.05) is 5.57 Å². The molecule has 0 radical (unpaired) electrons. The Bertz CT molecular complexity index is 575. The van der Waals surface area contributed by atoms with E-state index in [2.05, 4.69) is 13.8 Å². The Balaban J connectivity index is 2.60. The van der Waals surface area contributed by atoms with Crippen LogP contribution in [0.2, 0.25) is 0 Å². The first-order valence-corrected chi connectivity index (χ1v) is 6.08. The Hall–Kier alpha value is -1.96. The molecule has 0 heterocycles. The van der Waals surface area contributed by atoms with Crippen LogP contribution in [-0.2, 0) is 9.59 Å². The lowest BCUT2D eigenvalue weighted by Gasteiger charge is -2.16. The van der Waals surface area contributed by atoms with Crippen molar-refractivity contribution in [2.75, 3.05) is 0 Å². The summed E-state index contributed by atoms with van der Waals surface area (Å²) < 4.78 is 0. The summed E-state index contributed by atoms with van der Waals surface area (Å²) >= 11 is 0. The standard InChI is InChI=1S/C16H16O2/c1-10(2)13-6-4-11(3)8-14(13)15-9-12(17)5-7-16(15)18/h4-10H,1-3H3. The van der Waals surface area contributed by atoms with Gasteiger partial charge in [-0.1, -0.05) is 37.6 Å². The van der Waals surface area contributed by atoms with Gasteiger partial charge in [-0.05, 0) is 42.2 Å². The van der Waals surface area contributed by atoms with Gasteiger partial charge in [0.1, 0.15) is 0 Å². The lowest BCUT2D eigenvalue weighted by molar-refractivity contribution is -0.113. The molecule has 0 unspecified atom stereocenters. The number of allylic oxidation sites excluding steroid dienone is 4. The molecule has 1 aromatic rings. The fourth-order valence-corrected chi connectivity index (χ4v) is 2.13. The van der Waals surface area contributed by atoms with E-state index in [0.717, 1.165) is 16.7 Å². The first-order chi connectivity index (χ1) is 8.49. The van der Waals surface area contributed by atoms with E-state index in [1.165, 1.54) is 18.2 Å². The molecule has 0 atom stereocenters. The predicted molar refractivity (Wildman–Crippen MR) is 72.4 cm³/mol. The first-order valence-electron chi connectivity index (χ1n) is 6.08. The number of hydrogen-bond acceptors (Lipinski definition) is 2. The summed E-state index contributed by atoms with van der Waals surface area (Å²) in [7, 11) is 0. The predicted octanol–water partition coefficient (Wildman–Crippen LogP) is 3.21. The summed E-state index contributed by atoms with van der Waals surface area (Å²) in [6, 6.07) is 6.04. The van der Waals surface area contributed by atoms with Crippen molar-refractivity contribution in [3.8, 4) is 0 Å². The van der Waals surface area contributed by atoms with E-state index >= 15 is 0 Å². The number of ketones is 2. The van der Waals surface area contributed by atoms with E-state index in [0.29, 0.717) is 11.5 Å². The number of aryl methyl sites for hydroxylation is 1. The molecule has 92 valence electrons. The van der Waals surface area contributed by atoms with Crippen molar-refractivity contribution in [1.82, 2.24) is 0 Å². The van der Waals surface area contributed by atoms with Crippen molar-refractivity contribution in [2.24, 2.45) is 0 Å². The van der Waals surface area contributed by atoms with Crippen molar-refractivity contribution in [1.29, 1.82) is 0 Å². The van der Waals surface area contributed by atoms with Crippen molar-refractivity contribution in [2.45, 2.75) is 26.7 Å². The van der Waals surface area contributed by atoms with E-state index in [1.54, 1.807) is 0 Å². The van der Waals surface area contributed by atoms with Crippen molar-refractivity contribution in [3.63, 3.8) is 0 Å². The third kappa shape index (κ3) is 2.33. The highest BCUT2D eigenvalue weighted by molar-refractivity contribution is 6.34. The molecule has 0 aromatic heterocycles. The molecule has 1 aromatic carbocycles. The van der Waals surface area contributed by atoms with Gasteiger partial charge in [0.2, 0.25) is 0 Å². The van der Waals surface area contributed by atoms with Crippen LogP contribution in [0.5, 0.6) is 0 Å². The SMILES string of the molecule is Cc1ccc(C(C)C)c(C2=CC(=O)C=CC2=O)c1. The Morgan fingerprint density at radius 3 is 2.44 bits per heavy atom. The molecule has 0 saturated heterocycles. The summed E-state index contributed by atoms with van der Waals surface area (Å²) in [5.74, 6) is 0.0956. The fourth-order valence-electron chi connectivity index (χ4n) is 2.13. The van der Waals surface area contributed by atoms with Crippen LogP contribution in [0.1, 0.15) is 36.5 Å². The Kier molecular flexibility index (Phi) is 3.28. The van der Waals surface area contributed by atoms with Gasteiger partial charge in [0.25, 0.3) is 0 Å². The van der Waals surface area contributed by atoms with E-state index in [-0.39, 0.29) is 11.6 Å². The zero-order chi connectivity index (χ0) is 13.3. The van der Waals surface area contributed by atoms with Crippen molar-refractivity contribution in [3.05, 3.63) is 53.1 Å². The molecular formula is C16H16O2. The molecular weight excluding hydrogens is 224 g/mol. The first kappa shape index (κ1) is 12.5. The molecule has 0 fully saturated rings. The monoisotopic (exact) mass is 240 g/mol. The third-order valence-electron chi connectivity index (χ3n) is 3.07. The maximum absolute atomic E-state index is 11.9. The van der Waals surface area contributed by atoms with Crippen LogP contribution in [0, 0.1) is 6.92 Å². The molecule has 0 saturated carbocycles. The zero-order valence-electron chi connectivity index (χ0n) is 10.9. The third-order valence-corrected chi connectivity index (χ3v) is 3.07. The minimum atomic E-state index is -0.124. The molecule has 2 nitrogen and oxygen atoms in total. The van der Waals surface area contributed by atoms with Crippen LogP contribution >= 0.6 is 0 Å². The second kappa shape index (κ2) is 4.73. The molecule has 0 bridgehead atoms. The summed E-state index contributed by atoms with van der Waals surface area (Å²) in [6.07, 6.45) is 4.10. The topological polar surface area (TPSA) is 34.1 Å². The number of carbonyl (C=O) groups excluding carboxylic acids is 2. The quantitative estimate of drug-likeness (QED) is 0.744. The van der Waals surface area contributed by atoms with Crippen LogP contribution in [0.4, 0.5) is 0 Å². The maximum Gasteiger partial charge on any atom is 0.186 e. The highest BCUT2D eigenvalue weighted by Gasteiger charge is 2.19. The van der Waals surface area contributed by atoms with Gasteiger partial charge in [-0.2, -0.15) is 0 Å². The van der Waals surface area contributed by atoms with E-state index < -0.39 is 0 Å². The van der Waals surface area contributed by atoms with Gasteiger partial charge in [-0.25, -0.2) is 0 Å². The van der Waals surface area contributed by atoms with Gasteiger partial charge >= 0.3 is 0 Å². The molecule has 2 rings (SSSR count). The van der Waals surface area contributed by atoms with Gasteiger partial charge in [-0.3, -0.25) is 9.59 Å². The number of carbonyl (C=O) groups is 2. The summed E-state index contributed by atoms with van der Waals surface area (Å²) in [4.78, 5) is 23.4. The van der Waals surface area contributed by atoms with Crippen molar-refractivity contribution < 1.29 is 9.59 Å². The lowest BCUT2D eigenvalue weighted by Crippen LogP contribution is -2.09. The molecule has 0 N–H and O–H groups in total. The normalized spacial score (nSPS) is 15.2. The maximum atomic E-state index is 11.9. The zero-order valence-corrected chi connectivity index (χ0v) is 10.9. The van der Waals surface area contributed by atoms with Gasteiger partial charge in [0.15, 0.2) is 11.6 Å². The Morgan fingerprint density at radius 2 is 1.78 bits per heavy atom. The summed E-state index contributed by atoms with van der Waals surface area (Å²) in [6.45, 7) is 6.15. The highest BCUT2D eigenvalue weighted by atomic mass is 16.1. The smallest absolute Gasteiger partial charge is 0.186 e. The molecule has 2 heteroatoms. The molecule has 0 amide bonds. The van der Waals surface area contributed by atoms with E-state index in [9.17, 15) is 9.59 Å². The Labute approximate surface area is 107 Å². The van der Waals surface area contributed by atoms with Crippen molar-refractivity contribution >= 4 is 17.1 Å². The minimum absolute atomic E-state index is 0.0953. The second-order valence-corrected chi connectivity index (χ2v) is 4.90. The van der Waals surface area contributed by atoms with Gasteiger partial charge < -0.3 is 0 Å². The van der Waals surface area contributed by atoms with Gasteiger partial charge in [0.05, 0.1) is 0 Å². The summed E-state index contributed by atoms with van der Waals surface area (Å²) in [5, 5.41) is 0. The largest absolute Gasteiger partial charge is 0.290 e. The molecule has 0 aliphatic heterocycles. The minimum Gasteiger partial charge on any atom is -0.290 e. The molecule has 1 aliphatic rings. The van der Waals surface area contributed by atoms with Crippen LogP contribution in [0.25, 0.3) is 5.57 Å². The number of hydrogen-bond donors (Lipinski definition) is 0. The highest BCUT2D eigenvalue weighted by Crippen LogP contribution is 2.29. The average Bonchev–Trinajstić information content (AvgIpc) is 2.31. The molecule has 18 heavy (non-hydrogen) atoms. The van der Waals surface area contributed by atoms with E-state index in [1.807, 2.05) is 25.1 Å². The fraction of sp³-hybridized carbons (Fsp3) is 0.250. The average molecular weight is 240 g/mol. The lowest BCUT2D eigenvalue weighted by atomic mass is 9.87. The molecule has 0 spiro atoms. The molecule has 1 aliphatic carbocycles. The van der Waals surface area contributed by atoms with Crippen LogP contribution in [-0.4, -0.2) is 11.6 Å². The van der Waals surface area contributed by atoms with E-state index in [4.69, 9.17) is 0 Å². The number of rotatable bonds is 2. The summed E-state index contributed by atoms with van der Waals surface area (Å²) in [5.41, 5.74) is 3.58. The van der Waals surface area contributed by atoms with Crippen LogP contribution in [0.3, 0.4) is 0 Å². The van der Waals surface area contributed by atoms with Gasteiger partial charge in [-0.15, -0.1) is 0 Å². The second-order valence-electron chi connectivity index (χ2n) is 4.90. The number of benzene rings is 1. The van der Waals surface area contributed by atoms with Crippen LogP contribution in [0.15, 0.2) is 36.4 Å². The Morgan fingerprint density at radius 1 is 1.06 bits per heavy atom. The van der Waals surface area contributed by atoms with Crippen LogP contribution < -0.4 is 0 Å².